The molecule has 0 saturated heterocycles. The molecule has 8 aromatic carbocycles. The van der Waals surface area contributed by atoms with Gasteiger partial charge in [0.1, 0.15) is 0 Å². The largest absolute Gasteiger partial charge is 0.309 e. The molecule has 1 saturated carbocycles. The van der Waals surface area contributed by atoms with Crippen LogP contribution in [-0.2, 0) is 0 Å². The molecular weight excluding hydrogens is 647 g/mol. The van der Waals surface area contributed by atoms with Crippen molar-refractivity contribution in [1.82, 2.24) is 0 Å². The van der Waals surface area contributed by atoms with E-state index >= 15 is 0 Å². The number of hydrogen-bond acceptors (Lipinski definition) is 2. The molecule has 0 unspecified atom stereocenters. The standard InChI is InChI=1S/C50H39NS/c1-2-16-35(17-3-1)39-24-12-19-36-20-13-25-42(49(36)39)40-21-6-9-27-45(40)51(38-32-31-34-15-4-5-18-37(34)33-38)46-28-10-7-22-41(46)43-26-14-30-48-50(43)44-23-8-11-29-47(44)52-48/h4-15,18-33,35H,1-3,16-17H2. The van der Waals surface area contributed by atoms with E-state index in [4.69, 9.17) is 0 Å². The Morgan fingerprint density at radius 3 is 1.79 bits per heavy atom. The van der Waals surface area contributed by atoms with Crippen LogP contribution in [0.1, 0.15) is 43.6 Å². The van der Waals surface area contributed by atoms with Crippen LogP contribution in [0.3, 0.4) is 0 Å². The summed E-state index contributed by atoms with van der Waals surface area (Å²) in [5.74, 6) is 0.601. The van der Waals surface area contributed by atoms with E-state index in [1.54, 1.807) is 0 Å². The molecule has 250 valence electrons. The molecule has 9 aromatic rings. The van der Waals surface area contributed by atoms with Gasteiger partial charge in [-0.3, -0.25) is 0 Å². The summed E-state index contributed by atoms with van der Waals surface area (Å²) in [7, 11) is 0. The van der Waals surface area contributed by atoms with Crippen molar-refractivity contribution in [2.45, 2.75) is 38.0 Å². The van der Waals surface area contributed by atoms with E-state index in [-0.39, 0.29) is 0 Å². The fourth-order valence-corrected chi connectivity index (χ4v) is 10.00. The van der Waals surface area contributed by atoms with Crippen molar-refractivity contribution in [3.05, 3.63) is 175 Å². The van der Waals surface area contributed by atoms with Gasteiger partial charge in [0.2, 0.25) is 0 Å². The molecule has 1 fully saturated rings. The molecule has 2 heteroatoms. The lowest BCUT2D eigenvalue weighted by Crippen LogP contribution is -2.12. The number of rotatable bonds is 6. The number of para-hydroxylation sites is 2. The molecule has 1 aliphatic carbocycles. The van der Waals surface area contributed by atoms with Gasteiger partial charge < -0.3 is 4.90 Å². The molecule has 0 aliphatic heterocycles. The molecule has 0 N–H and O–H groups in total. The van der Waals surface area contributed by atoms with E-state index in [9.17, 15) is 0 Å². The van der Waals surface area contributed by atoms with Gasteiger partial charge in [-0.15, -0.1) is 11.3 Å². The van der Waals surface area contributed by atoms with Gasteiger partial charge in [0.05, 0.1) is 11.4 Å². The maximum absolute atomic E-state index is 2.52. The Balaban J connectivity index is 1.25. The zero-order valence-electron chi connectivity index (χ0n) is 29.1. The monoisotopic (exact) mass is 685 g/mol. The molecule has 52 heavy (non-hydrogen) atoms. The van der Waals surface area contributed by atoms with Gasteiger partial charge in [0.25, 0.3) is 0 Å². The van der Waals surface area contributed by atoms with Crippen LogP contribution >= 0.6 is 11.3 Å². The summed E-state index contributed by atoms with van der Waals surface area (Å²) in [4.78, 5) is 2.52. The van der Waals surface area contributed by atoms with Crippen LogP contribution in [0.25, 0.3) is 64.0 Å². The normalized spacial score (nSPS) is 13.7. The zero-order chi connectivity index (χ0) is 34.4. The Morgan fingerprint density at radius 2 is 1.00 bits per heavy atom. The van der Waals surface area contributed by atoms with Crippen molar-refractivity contribution < 1.29 is 0 Å². The highest BCUT2D eigenvalue weighted by Gasteiger charge is 2.25. The van der Waals surface area contributed by atoms with Crippen LogP contribution in [0.2, 0.25) is 0 Å². The Labute approximate surface area is 309 Å². The van der Waals surface area contributed by atoms with Crippen molar-refractivity contribution in [3.8, 4) is 22.3 Å². The van der Waals surface area contributed by atoms with E-state index in [0.29, 0.717) is 5.92 Å². The third-order valence-corrected chi connectivity index (χ3v) is 12.4. The lowest BCUT2D eigenvalue weighted by Gasteiger charge is -2.31. The summed E-state index contributed by atoms with van der Waals surface area (Å²) in [6.07, 6.45) is 6.53. The molecule has 1 aliphatic rings. The second-order valence-electron chi connectivity index (χ2n) is 14.3. The highest BCUT2D eigenvalue weighted by Crippen LogP contribution is 2.49. The van der Waals surface area contributed by atoms with Gasteiger partial charge in [-0.05, 0) is 93.4 Å². The van der Waals surface area contributed by atoms with Gasteiger partial charge >= 0.3 is 0 Å². The average Bonchev–Trinajstić information content (AvgIpc) is 3.60. The van der Waals surface area contributed by atoms with Gasteiger partial charge in [0.15, 0.2) is 0 Å². The number of nitrogens with zero attached hydrogens (tertiary/aromatic N) is 1. The topological polar surface area (TPSA) is 3.24 Å². The van der Waals surface area contributed by atoms with Crippen molar-refractivity contribution in [2.24, 2.45) is 0 Å². The second kappa shape index (κ2) is 13.1. The fraction of sp³-hybridized carbons (Fsp3) is 0.120. The SMILES string of the molecule is c1ccc(N(c2ccc3ccccc3c2)c2ccccc2-c2cccc3sc4ccccc4c23)c(-c2cccc3cccc(C4CCCCC4)c23)c1. The summed E-state index contributed by atoms with van der Waals surface area (Å²) in [6.45, 7) is 0. The van der Waals surface area contributed by atoms with Crippen molar-refractivity contribution in [3.63, 3.8) is 0 Å². The number of hydrogen-bond donors (Lipinski definition) is 0. The highest BCUT2D eigenvalue weighted by atomic mass is 32.1. The van der Waals surface area contributed by atoms with E-state index in [1.807, 2.05) is 11.3 Å². The maximum atomic E-state index is 2.52. The molecule has 0 bridgehead atoms. The van der Waals surface area contributed by atoms with E-state index in [1.165, 1.54) is 113 Å². The van der Waals surface area contributed by atoms with Crippen molar-refractivity contribution in [2.75, 3.05) is 4.90 Å². The number of anilines is 3. The van der Waals surface area contributed by atoms with Crippen LogP contribution in [0.4, 0.5) is 17.1 Å². The first-order valence-corrected chi connectivity index (χ1v) is 19.5. The first-order chi connectivity index (χ1) is 25.8. The van der Waals surface area contributed by atoms with E-state index < -0.39 is 0 Å². The Kier molecular flexibility index (Phi) is 7.84. The van der Waals surface area contributed by atoms with Crippen LogP contribution in [-0.4, -0.2) is 0 Å². The molecule has 1 heterocycles. The maximum Gasteiger partial charge on any atom is 0.0540 e. The minimum Gasteiger partial charge on any atom is -0.309 e. The molecule has 10 rings (SSSR count). The zero-order valence-corrected chi connectivity index (χ0v) is 30.0. The molecule has 1 nitrogen and oxygen atoms in total. The smallest absolute Gasteiger partial charge is 0.0540 e. The molecule has 1 aromatic heterocycles. The molecular formula is C50H39NS. The van der Waals surface area contributed by atoms with Gasteiger partial charge in [-0.25, -0.2) is 0 Å². The quantitative estimate of drug-likeness (QED) is 0.168. The minimum atomic E-state index is 0.601. The van der Waals surface area contributed by atoms with Gasteiger partial charge in [0, 0.05) is 37.0 Å². The summed E-state index contributed by atoms with van der Waals surface area (Å²) >= 11 is 1.88. The summed E-state index contributed by atoms with van der Waals surface area (Å²) in [5, 5.41) is 7.85. The Hall–Kier alpha value is -5.70. The highest BCUT2D eigenvalue weighted by molar-refractivity contribution is 7.25. The second-order valence-corrected chi connectivity index (χ2v) is 15.3. The predicted molar refractivity (Wildman–Crippen MR) is 226 cm³/mol. The molecule has 0 atom stereocenters. The van der Waals surface area contributed by atoms with Crippen molar-refractivity contribution >= 4 is 70.1 Å². The molecule has 0 spiro atoms. The fourth-order valence-electron chi connectivity index (χ4n) is 8.86. The van der Waals surface area contributed by atoms with Gasteiger partial charge in [-0.2, -0.15) is 0 Å². The van der Waals surface area contributed by atoms with Gasteiger partial charge in [-0.1, -0.05) is 153 Å². The Morgan fingerprint density at radius 1 is 0.423 bits per heavy atom. The van der Waals surface area contributed by atoms with E-state index in [0.717, 1.165) is 5.69 Å². The number of thiophene rings is 1. The third kappa shape index (κ3) is 5.29. The average molecular weight is 686 g/mol. The molecule has 0 radical (unpaired) electrons. The lowest BCUT2D eigenvalue weighted by atomic mass is 9.80. The number of fused-ring (bicyclic) bond motifs is 5. The van der Waals surface area contributed by atoms with Crippen LogP contribution in [0, 0.1) is 0 Å². The van der Waals surface area contributed by atoms with Crippen LogP contribution in [0.15, 0.2) is 170 Å². The van der Waals surface area contributed by atoms with Crippen LogP contribution in [0.5, 0.6) is 0 Å². The lowest BCUT2D eigenvalue weighted by molar-refractivity contribution is 0.445. The predicted octanol–water partition coefficient (Wildman–Crippen LogP) is 15.2. The summed E-state index contributed by atoms with van der Waals surface area (Å²) in [5.41, 5.74) is 10.0. The summed E-state index contributed by atoms with van der Waals surface area (Å²) < 4.78 is 2.64. The minimum absolute atomic E-state index is 0.601. The third-order valence-electron chi connectivity index (χ3n) is 11.2. The summed E-state index contributed by atoms with van der Waals surface area (Å²) in [6, 6.07) is 63.3. The van der Waals surface area contributed by atoms with E-state index in [2.05, 4.69) is 175 Å². The van der Waals surface area contributed by atoms with Crippen molar-refractivity contribution in [1.29, 1.82) is 0 Å². The first kappa shape index (κ1) is 31.1. The molecule has 0 amide bonds. The Bertz CT molecular complexity index is 2740. The van der Waals surface area contributed by atoms with Crippen LogP contribution < -0.4 is 4.90 Å². The number of benzene rings is 8. The first-order valence-electron chi connectivity index (χ1n) is 18.7.